The minimum atomic E-state index is -0.265. The van der Waals surface area contributed by atoms with Gasteiger partial charge >= 0.3 is 6.03 Å². The molecule has 0 spiro atoms. The molecule has 0 aliphatic heterocycles. The Morgan fingerprint density at radius 3 is 2.32 bits per heavy atom. The lowest BCUT2D eigenvalue weighted by molar-refractivity contribution is 0.251. The Balaban J connectivity index is 1.84. The van der Waals surface area contributed by atoms with E-state index in [2.05, 4.69) is 10.6 Å². The molecule has 0 saturated heterocycles. The molecule has 0 saturated carbocycles. The molecule has 2 aromatic rings. The van der Waals surface area contributed by atoms with Crippen LogP contribution >= 0.6 is 11.6 Å². The molecular formula is C14H14ClN3O. The average Bonchev–Trinajstić information content (AvgIpc) is 2.41. The number of rotatable bonds is 3. The summed E-state index contributed by atoms with van der Waals surface area (Å²) in [6.07, 6.45) is 0. The smallest absolute Gasteiger partial charge is 0.319 e. The van der Waals surface area contributed by atoms with E-state index in [1.807, 2.05) is 12.1 Å². The van der Waals surface area contributed by atoms with Crippen LogP contribution in [-0.2, 0) is 6.54 Å². The molecule has 0 aromatic heterocycles. The highest BCUT2D eigenvalue weighted by molar-refractivity contribution is 6.30. The maximum atomic E-state index is 11.7. The summed E-state index contributed by atoms with van der Waals surface area (Å²) in [5.74, 6) is 0. The fourth-order valence-electron chi connectivity index (χ4n) is 1.53. The van der Waals surface area contributed by atoms with Crippen LogP contribution in [0.5, 0.6) is 0 Å². The Bertz CT molecular complexity index is 552. The summed E-state index contributed by atoms with van der Waals surface area (Å²) in [4.78, 5) is 11.7. The first-order valence-corrected chi connectivity index (χ1v) is 6.16. The van der Waals surface area contributed by atoms with Gasteiger partial charge in [-0.25, -0.2) is 4.79 Å². The second-order valence-corrected chi connectivity index (χ2v) is 4.49. The lowest BCUT2D eigenvalue weighted by atomic mass is 10.2. The third kappa shape index (κ3) is 4.19. The van der Waals surface area contributed by atoms with Crippen molar-refractivity contribution in [3.63, 3.8) is 0 Å². The number of nitrogens with two attached hydrogens (primary N) is 1. The molecule has 5 heteroatoms. The largest absolute Gasteiger partial charge is 0.399 e. The topological polar surface area (TPSA) is 67.1 Å². The van der Waals surface area contributed by atoms with E-state index in [4.69, 9.17) is 17.3 Å². The zero-order valence-corrected chi connectivity index (χ0v) is 10.9. The molecule has 2 rings (SSSR count). The van der Waals surface area contributed by atoms with E-state index in [9.17, 15) is 4.79 Å². The van der Waals surface area contributed by atoms with Gasteiger partial charge in [0.2, 0.25) is 0 Å². The summed E-state index contributed by atoms with van der Waals surface area (Å²) in [6, 6.07) is 14.0. The molecule has 0 heterocycles. The van der Waals surface area contributed by atoms with Crippen molar-refractivity contribution >= 4 is 29.0 Å². The number of benzene rings is 2. The van der Waals surface area contributed by atoms with Gasteiger partial charge in [0, 0.05) is 22.9 Å². The van der Waals surface area contributed by atoms with Crippen molar-refractivity contribution in [3.05, 3.63) is 59.1 Å². The van der Waals surface area contributed by atoms with Gasteiger partial charge in [-0.1, -0.05) is 23.7 Å². The molecule has 0 bridgehead atoms. The minimum Gasteiger partial charge on any atom is -0.399 e. The second kappa shape index (κ2) is 6.11. The molecule has 0 aliphatic rings. The Morgan fingerprint density at radius 1 is 1.05 bits per heavy atom. The molecule has 4 nitrogen and oxygen atoms in total. The van der Waals surface area contributed by atoms with E-state index in [-0.39, 0.29) is 6.03 Å². The molecule has 4 N–H and O–H groups in total. The van der Waals surface area contributed by atoms with Crippen molar-refractivity contribution in [1.82, 2.24) is 5.32 Å². The highest BCUT2D eigenvalue weighted by Crippen LogP contribution is 2.13. The van der Waals surface area contributed by atoms with Gasteiger partial charge < -0.3 is 16.4 Å². The number of carbonyl (C=O) groups excluding carboxylic acids is 1. The van der Waals surface area contributed by atoms with Gasteiger partial charge in [0.15, 0.2) is 0 Å². The molecular weight excluding hydrogens is 262 g/mol. The van der Waals surface area contributed by atoms with Crippen LogP contribution in [0.4, 0.5) is 16.2 Å². The van der Waals surface area contributed by atoms with Crippen molar-refractivity contribution in [2.75, 3.05) is 11.1 Å². The molecule has 0 radical (unpaired) electrons. The van der Waals surface area contributed by atoms with E-state index in [1.165, 1.54) is 0 Å². The van der Waals surface area contributed by atoms with Gasteiger partial charge in [0.1, 0.15) is 0 Å². The van der Waals surface area contributed by atoms with Gasteiger partial charge in [-0.05, 0) is 42.0 Å². The summed E-state index contributed by atoms with van der Waals surface area (Å²) < 4.78 is 0. The van der Waals surface area contributed by atoms with Gasteiger partial charge in [0.25, 0.3) is 0 Å². The molecule has 98 valence electrons. The third-order valence-corrected chi connectivity index (χ3v) is 2.79. The second-order valence-electron chi connectivity index (χ2n) is 4.06. The number of halogens is 1. The van der Waals surface area contributed by atoms with Gasteiger partial charge in [0.05, 0.1) is 0 Å². The first-order chi connectivity index (χ1) is 9.13. The number of hydrogen-bond donors (Lipinski definition) is 3. The third-order valence-electron chi connectivity index (χ3n) is 2.53. The molecule has 0 aliphatic carbocycles. The zero-order valence-electron chi connectivity index (χ0n) is 10.2. The normalized spacial score (nSPS) is 9.95. The Kier molecular flexibility index (Phi) is 4.26. The molecule has 19 heavy (non-hydrogen) atoms. The van der Waals surface area contributed by atoms with Crippen LogP contribution in [0.25, 0.3) is 0 Å². The Hall–Kier alpha value is -2.20. The number of amides is 2. The van der Waals surface area contributed by atoms with Gasteiger partial charge in [-0.3, -0.25) is 0 Å². The van der Waals surface area contributed by atoms with E-state index in [1.54, 1.807) is 36.4 Å². The minimum absolute atomic E-state index is 0.265. The molecule has 0 atom stereocenters. The number of urea groups is 1. The SMILES string of the molecule is Nc1ccc(CNC(=O)Nc2ccc(Cl)cc2)cc1. The Morgan fingerprint density at radius 2 is 1.68 bits per heavy atom. The predicted molar refractivity (Wildman–Crippen MR) is 78.2 cm³/mol. The first-order valence-electron chi connectivity index (χ1n) is 5.78. The summed E-state index contributed by atoms with van der Waals surface area (Å²) >= 11 is 5.76. The zero-order chi connectivity index (χ0) is 13.7. The maximum absolute atomic E-state index is 11.7. The maximum Gasteiger partial charge on any atom is 0.319 e. The lowest BCUT2D eigenvalue weighted by Crippen LogP contribution is -2.28. The summed E-state index contributed by atoms with van der Waals surface area (Å²) in [6.45, 7) is 0.444. The molecule has 2 amide bonds. The lowest BCUT2D eigenvalue weighted by Gasteiger charge is -2.08. The van der Waals surface area contributed by atoms with Crippen LogP contribution in [0.1, 0.15) is 5.56 Å². The summed E-state index contributed by atoms with van der Waals surface area (Å²) in [5, 5.41) is 6.11. The van der Waals surface area contributed by atoms with Crippen LogP contribution in [0.3, 0.4) is 0 Å². The monoisotopic (exact) mass is 275 g/mol. The van der Waals surface area contributed by atoms with Crippen molar-refractivity contribution in [3.8, 4) is 0 Å². The fourth-order valence-corrected chi connectivity index (χ4v) is 1.65. The molecule has 2 aromatic carbocycles. The van der Waals surface area contributed by atoms with Crippen LogP contribution in [0.2, 0.25) is 5.02 Å². The van der Waals surface area contributed by atoms with E-state index >= 15 is 0 Å². The van der Waals surface area contributed by atoms with Crippen LogP contribution in [0.15, 0.2) is 48.5 Å². The van der Waals surface area contributed by atoms with Crippen LogP contribution < -0.4 is 16.4 Å². The Labute approximate surface area is 116 Å². The van der Waals surface area contributed by atoms with Gasteiger partial charge in [-0.2, -0.15) is 0 Å². The van der Waals surface area contributed by atoms with E-state index < -0.39 is 0 Å². The number of hydrogen-bond acceptors (Lipinski definition) is 2. The fraction of sp³-hybridized carbons (Fsp3) is 0.0714. The quantitative estimate of drug-likeness (QED) is 0.753. The van der Waals surface area contributed by atoms with Crippen molar-refractivity contribution in [2.24, 2.45) is 0 Å². The van der Waals surface area contributed by atoms with E-state index in [0.717, 1.165) is 5.56 Å². The molecule has 0 unspecified atom stereocenters. The van der Waals surface area contributed by atoms with Crippen molar-refractivity contribution in [1.29, 1.82) is 0 Å². The standard InChI is InChI=1S/C14H14ClN3O/c15-11-3-7-13(8-4-11)18-14(19)17-9-10-1-5-12(16)6-2-10/h1-8H,9,16H2,(H2,17,18,19). The predicted octanol–water partition coefficient (Wildman–Crippen LogP) is 3.24. The van der Waals surface area contributed by atoms with Crippen LogP contribution in [-0.4, -0.2) is 6.03 Å². The highest BCUT2D eigenvalue weighted by Gasteiger charge is 2.01. The van der Waals surface area contributed by atoms with Crippen molar-refractivity contribution < 1.29 is 4.79 Å². The summed E-state index contributed by atoms with van der Waals surface area (Å²) in [7, 11) is 0. The van der Waals surface area contributed by atoms with Crippen molar-refractivity contribution in [2.45, 2.75) is 6.54 Å². The first kappa shape index (κ1) is 13.2. The summed E-state index contributed by atoms with van der Waals surface area (Å²) in [5.41, 5.74) is 7.97. The van der Waals surface area contributed by atoms with Gasteiger partial charge in [-0.15, -0.1) is 0 Å². The highest BCUT2D eigenvalue weighted by atomic mass is 35.5. The molecule has 0 fully saturated rings. The average molecular weight is 276 g/mol. The number of nitrogens with one attached hydrogen (secondary N) is 2. The van der Waals surface area contributed by atoms with Crippen LogP contribution in [0, 0.1) is 0 Å². The number of nitrogen functional groups attached to an aromatic ring is 1. The van der Waals surface area contributed by atoms with E-state index in [0.29, 0.717) is 22.9 Å². The number of anilines is 2. The number of carbonyl (C=O) groups is 1.